The lowest BCUT2D eigenvalue weighted by Gasteiger charge is -2.33. The molecule has 1 atom stereocenters. The number of methoxy groups -OCH3 is 1. The second kappa shape index (κ2) is 6.15. The van der Waals surface area contributed by atoms with Gasteiger partial charge in [-0.3, -0.25) is 4.79 Å². The highest BCUT2D eigenvalue weighted by Gasteiger charge is 2.36. The summed E-state index contributed by atoms with van der Waals surface area (Å²) in [4.78, 5) is 12.0. The van der Waals surface area contributed by atoms with E-state index in [1.807, 2.05) is 0 Å². The normalized spacial score (nSPS) is 20.2. The van der Waals surface area contributed by atoms with E-state index < -0.39 is 16.1 Å². The maximum absolute atomic E-state index is 12.9. The van der Waals surface area contributed by atoms with Gasteiger partial charge in [-0.25, -0.2) is 8.42 Å². The molecule has 1 heterocycles. The Morgan fingerprint density at radius 3 is 2.62 bits per heavy atom. The van der Waals surface area contributed by atoms with Gasteiger partial charge in [0.25, 0.3) is 0 Å². The first-order chi connectivity index (χ1) is 9.87. The standard InChI is InChI=1S/C15H21NO4S/c1-11-10-13(20-3)7-8-15(11)21(18,19)16-9-5-4-6-14(16)12(2)17/h7-8,10,14H,4-6,9H2,1-3H3/t14-/m1/s1. The minimum absolute atomic E-state index is 0.0931. The SMILES string of the molecule is COc1ccc(S(=O)(=O)N2CCCC[C@@H]2C(C)=O)c(C)c1. The van der Waals surface area contributed by atoms with Gasteiger partial charge in [0.1, 0.15) is 11.5 Å². The summed E-state index contributed by atoms with van der Waals surface area (Å²) in [6, 6.07) is 4.34. The monoisotopic (exact) mass is 311 g/mol. The van der Waals surface area contributed by atoms with Crippen molar-refractivity contribution in [3.05, 3.63) is 23.8 Å². The van der Waals surface area contributed by atoms with Gasteiger partial charge >= 0.3 is 0 Å². The molecule has 0 radical (unpaired) electrons. The van der Waals surface area contributed by atoms with Crippen molar-refractivity contribution in [1.29, 1.82) is 0 Å². The Morgan fingerprint density at radius 1 is 1.33 bits per heavy atom. The Balaban J connectivity index is 2.43. The number of piperidine rings is 1. The van der Waals surface area contributed by atoms with Crippen LogP contribution in [0.15, 0.2) is 23.1 Å². The lowest BCUT2D eigenvalue weighted by Crippen LogP contribution is -2.47. The van der Waals surface area contributed by atoms with Crippen molar-refractivity contribution in [3.8, 4) is 5.75 Å². The molecule has 1 aromatic carbocycles. The van der Waals surface area contributed by atoms with E-state index in [4.69, 9.17) is 4.74 Å². The predicted molar refractivity (Wildman–Crippen MR) is 79.9 cm³/mol. The van der Waals surface area contributed by atoms with Crippen LogP contribution in [0.3, 0.4) is 0 Å². The Morgan fingerprint density at radius 2 is 2.05 bits per heavy atom. The molecular weight excluding hydrogens is 290 g/mol. The van der Waals surface area contributed by atoms with Crippen LogP contribution in [-0.2, 0) is 14.8 Å². The average molecular weight is 311 g/mol. The molecule has 0 amide bonds. The number of carbonyl (C=O) groups excluding carboxylic acids is 1. The van der Waals surface area contributed by atoms with E-state index in [2.05, 4.69) is 0 Å². The van der Waals surface area contributed by atoms with Gasteiger partial charge < -0.3 is 4.74 Å². The quantitative estimate of drug-likeness (QED) is 0.854. The molecule has 0 saturated carbocycles. The molecule has 21 heavy (non-hydrogen) atoms. The van der Waals surface area contributed by atoms with E-state index in [-0.39, 0.29) is 10.7 Å². The largest absolute Gasteiger partial charge is 0.497 e. The lowest BCUT2D eigenvalue weighted by atomic mass is 10.0. The molecule has 0 aliphatic carbocycles. The Kier molecular flexibility index (Phi) is 4.68. The highest BCUT2D eigenvalue weighted by molar-refractivity contribution is 7.89. The summed E-state index contributed by atoms with van der Waals surface area (Å²) in [6.07, 6.45) is 2.28. The smallest absolute Gasteiger partial charge is 0.243 e. The number of hydrogen-bond donors (Lipinski definition) is 0. The topological polar surface area (TPSA) is 63.7 Å². The van der Waals surface area contributed by atoms with E-state index in [0.29, 0.717) is 24.3 Å². The van der Waals surface area contributed by atoms with Crippen LogP contribution in [0.4, 0.5) is 0 Å². The maximum atomic E-state index is 12.9. The van der Waals surface area contributed by atoms with Gasteiger partial charge in [0, 0.05) is 6.54 Å². The number of nitrogens with zero attached hydrogens (tertiary/aromatic N) is 1. The first kappa shape index (κ1) is 16.0. The zero-order chi connectivity index (χ0) is 15.6. The lowest BCUT2D eigenvalue weighted by molar-refractivity contribution is -0.121. The number of benzene rings is 1. The second-order valence-corrected chi connectivity index (χ2v) is 7.23. The van der Waals surface area contributed by atoms with Gasteiger partial charge in [0.2, 0.25) is 10.0 Å². The third-order valence-electron chi connectivity index (χ3n) is 3.89. The van der Waals surface area contributed by atoms with Crippen molar-refractivity contribution in [3.63, 3.8) is 0 Å². The zero-order valence-corrected chi connectivity index (χ0v) is 13.4. The van der Waals surface area contributed by atoms with E-state index >= 15 is 0 Å². The number of carbonyl (C=O) groups is 1. The number of ether oxygens (including phenoxy) is 1. The Bertz CT molecular complexity index is 639. The van der Waals surface area contributed by atoms with Crippen LogP contribution < -0.4 is 4.74 Å². The van der Waals surface area contributed by atoms with Crippen LogP contribution >= 0.6 is 0 Å². The molecule has 116 valence electrons. The molecule has 6 heteroatoms. The summed E-state index contributed by atoms with van der Waals surface area (Å²) in [5.41, 5.74) is 0.627. The minimum Gasteiger partial charge on any atom is -0.497 e. The number of rotatable bonds is 4. The fraction of sp³-hybridized carbons (Fsp3) is 0.533. The van der Waals surface area contributed by atoms with Crippen molar-refractivity contribution in [2.24, 2.45) is 0 Å². The van der Waals surface area contributed by atoms with Gasteiger partial charge in [-0.05, 0) is 50.5 Å². The van der Waals surface area contributed by atoms with E-state index in [1.165, 1.54) is 11.2 Å². The second-order valence-electron chi connectivity index (χ2n) is 5.37. The van der Waals surface area contributed by atoms with E-state index in [9.17, 15) is 13.2 Å². The predicted octanol–water partition coefficient (Wildman–Crippen LogP) is 2.14. The molecule has 0 bridgehead atoms. The third-order valence-corrected chi connectivity index (χ3v) is 5.96. The molecule has 1 aliphatic heterocycles. The van der Waals surface area contributed by atoms with E-state index in [0.717, 1.165) is 12.8 Å². The van der Waals surface area contributed by atoms with Gasteiger partial charge in [-0.15, -0.1) is 0 Å². The fourth-order valence-electron chi connectivity index (χ4n) is 2.76. The highest BCUT2D eigenvalue weighted by Crippen LogP contribution is 2.29. The van der Waals surface area contributed by atoms with Crippen molar-refractivity contribution >= 4 is 15.8 Å². The van der Waals surface area contributed by atoms with Crippen molar-refractivity contribution < 1.29 is 17.9 Å². The van der Waals surface area contributed by atoms with Gasteiger partial charge in [-0.2, -0.15) is 4.31 Å². The number of ketones is 1. The summed E-state index contributed by atoms with van der Waals surface area (Å²) in [7, 11) is -2.11. The summed E-state index contributed by atoms with van der Waals surface area (Å²) >= 11 is 0. The third kappa shape index (κ3) is 3.11. The van der Waals surface area contributed by atoms with Crippen molar-refractivity contribution in [2.45, 2.75) is 44.0 Å². The molecule has 0 N–H and O–H groups in total. The van der Waals surface area contributed by atoms with Crippen LogP contribution in [0.25, 0.3) is 0 Å². The fourth-order valence-corrected chi connectivity index (χ4v) is 4.68. The van der Waals surface area contributed by atoms with Gasteiger partial charge in [0.05, 0.1) is 18.0 Å². The van der Waals surface area contributed by atoms with E-state index in [1.54, 1.807) is 32.2 Å². The summed E-state index contributed by atoms with van der Waals surface area (Å²) in [5.74, 6) is 0.526. The molecule has 2 rings (SSSR count). The molecule has 1 saturated heterocycles. The molecule has 0 spiro atoms. The zero-order valence-electron chi connectivity index (χ0n) is 12.6. The summed E-state index contributed by atoms with van der Waals surface area (Å²) in [6.45, 7) is 3.60. The minimum atomic E-state index is -3.65. The molecule has 1 aliphatic rings. The number of sulfonamides is 1. The first-order valence-corrected chi connectivity index (χ1v) is 8.49. The Labute approximate surface area is 126 Å². The molecular formula is C15H21NO4S. The van der Waals surface area contributed by atoms with Crippen molar-refractivity contribution in [2.75, 3.05) is 13.7 Å². The number of hydrogen-bond acceptors (Lipinski definition) is 4. The van der Waals surface area contributed by atoms with Crippen LogP contribution in [0, 0.1) is 6.92 Å². The van der Waals surface area contributed by atoms with Crippen LogP contribution in [0.1, 0.15) is 31.7 Å². The first-order valence-electron chi connectivity index (χ1n) is 7.05. The number of aryl methyl sites for hydroxylation is 1. The highest BCUT2D eigenvalue weighted by atomic mass is 32.2. The van der Waals surface area contributed by atoms with Gasteiger partial charge in [0.15, 0.2) is 0 Å². The van der Waals surface area contributed by atoms with Gasteiger partial charge in [-0.1, -0.05) is 6.42 Å². The Hall–Kier alpha value is -1.40. The summed E-state index contributed by atoms with van der Waals surface area (Å²) in [5, 5.41) is 0. The summed E-state index contributed by atoms with van der Waals surface area (Å²) < 4.78 is 32.2. The maximum Gasteiger partial charge on any atom is 0.243 e. The average Bonchev–Trinajstić information content (AvgIpc) is 2.46. The molecule has 1 aromatic rings. The molecule has 1 fully saturated rings. The number of Topliss-reactive ketones (excluding diaryl/α,β-unsaturated/α-hetero) is 1. The van der Waals surface area contributed by atoms with Crippen LogP contribution in [0.2, 0.25) is 0 Å². The molecule has 0 unspecified atom stereocenters. The van der Waals surface area contributed by atoms with Crippen molar-refractivity contribution in [1.82, 2.24) is 4.31 Å². The molecule has 0 aromatic heterocycles. The van der Waals surface area contributed by atoms with Crippen LogP contribution in [0.5, 0.6) is 5.75 Å². The van der Waals surface area contributed by atoms with Crippen LogP contribution in [-0.4, -0.2) is 38.2 Å². The molecule has 5 nitrogen and oxygen atoms in total.